The van der Waals surface area contributed by atoms with E-state index >= 15 is 0 Å². The Morgan fingerprint density at radius 2 is 2.00 bits per heavy atom. The lowest BCUT2D eigenvalue weighted by molar-refractivity contribution is 0.102. The van der Waals surface area contributed by atoms with Crippen LogP contribution in [0, 0.1) is 0 Å². The van der Waals surface area contributed by atoms with E-state index in [0.29, 0.717) is 5.56 Å². The van der Waals surface area contributed by atoms with Gasteiger partial charge in [-0.3, -0.25) is 4.79 Å². The Balaban J connectivity index is 2.34. The Morgan fingerprint density at radius 1 is 1.29 bits per heavy atom. The number of rotatable bonds is 2. The summed E-state index contributed by atoms with van der Waals surface area (Å²) in [5.74, 6) is -0.331. The second kappa shape index (κ2) is 3.59. The van der Waals surface area contributed by atoms with Crippen molar-refractivity contribution in [2.75, 3.05) is 0 Å². The highest BCUT2D eigenvalue weighted by Gasteiger charge is 2.14. The summed E-state index contributed by atoms with van der Waals surface area (Å²) in [4.78, 5) is 15.2. The summed E-state index contributed by atoms with van der Waals surface area (Å²) < 4.78 is 4.49. The molecule has 0 aliphatic carbocycles. The zero-order valence-electron chi connectivity index (χ0n) is 6.98. The summed E-state index contributed by atoms with van der Waals surface area (Å²) in [7, 11) is 0. The van der Waals surface area contributed by atoms with Crippen molar-refractivity contribution >= 4 is 17.4 Å². The van der Waals surface area contributed by atoms with Gasteiger partial charge in [-0.2, -0.15) is 4.98 Å². The summed E-state index contributed by atoms with van der Waals surface area (Å²) >= 11 is 5.40. The van der Waals surface area contributed by atoms with Crippen LogP contribution in [-0.2, 0) is 0 Å². The van der Waals surface area contributed by atoms with Gasteiger partial charge in [0.05, 0.1) is 0 Å². The van der Waals surface area contributed by atoms with Crippen LogP contribution in [0.3, 0.4) is 0 Å². The minimum atomic E-state index is -0.304. The summed E-state index contributed by atoms with van der Waals surface area (Å²) in [5, 5.41) is 3.29. The number of carbonyl (C=O) groups is 1. The van der Waals surface area contributed by atoms with Crippen LogP contribution in [-0.4, -0.2) is 15.9 Å². The van der Waals surface area contributed by atoms with Crippen LogP contribution >= 0.6 is 11.6 Å². The number of nitrogens with zero attached hydrogens (tertiary/aromatic N) is 2. The molecule has 2 rings (SSSR count). The van der Waals surface area contributed by atoms with E-state index in [1.165, 1.54) is 0 Å². The predicted molar refractivity (Wildman–Crippen MR) is 49.2 cm³/mol. The number of aromatic nitrogens is 2. The van der Waals surface area contributed by atoms with E-state index in [4.69, 9.17) is 11.6 Å². The van der Waals surface area contributed by atoms with Gasteiger partial charge in [-0.05, 0) is 11.6 Å². The summed E-state index contributed by atoms with van der Waals surface area (Å²) in [6.45, 7) is 0. The molecule has 0 amide bonds. The van der Waals surface area contributed by atoms with Gasteiger partial charge in [0.25, 0.3) is 0 Å². The van der Waals surface area contributed by atoms with Gasteiger partial charge in [-0.15, -0.1) is 0 Å². The molecule has 14 heavy (non-hydrogen) atoms. The van der Waals surface area contributed by atoms with Crippen molar-refractivity contribution in [1.82, 2.24) is 10.1 Å². The fourth-order valence-corrected chi connectivity index (χ4v) is 1.13. The molecule has 0 spiro atoms. The molecule has 0 saturated carbocycles. The van der Waals surface area contributed by atoms with Gasteiger partial charge in [0.15, 0.2) is 0 Å². The monoisotopic (exact) mass is 208 g/mol. The van der Waals surface area contributed by atoms with Gasteiger partial charge in [0, 0.05) is 5.56 Å². The van der Waals surface area contributed by atoms with Crippen LogP contribution in [0.4, 0.5) is 0 Å². The van der Waals surface area contributed by atoms with Crippen molar-refractivity contribution < 1.29 is 9.32 Å². The number of halogens is 1. The third-order valence-electron chi connectivity index (χ3n) is 1.64. The second-order valence-corrected chi connectivity index (χ2v) is 2.89. The maximum Gasteiger partial charge on any atom is 0.320 e. The van der Waals surface area contributed by atoms with Crippen LogP contribution in [0.15, 0.2) is 34.9 Å². The lowest BCUT2D eigenvalue weighted by Gasteiger charge is -1.92. The molecule has 5 heteroatoms. The van der Waals surface area contributed by atoms with E-state index in [1.54, 1.807) is 24.3 Å². The average Bonchev–Trinajstić information content (AvgIpc) is 2.65. The maximum atomic E-state index is 11.6. The smallest absolute Gasteiger partial charge is 0.320 e. The lowest BCUT2D eigenvalue weighted by Crippen LogP contribution is -2.02. The first-order chi connectivity index (χ1) is 6.77. The second-order valence-electron chi connectivity index (χ2n) is 2.57. The van der Waals surface area contributed by atoms with Gasteiger partial charge >= 0.3 is 5.35 Å². The van der Waals surface area contributed by atoms with Crippen LogP contribution < -0.4 is 0 Å². The van der Waals surface area contributed by atoms with E-state index in [1.807, 2.05) is 6.07 Å². The number of ketones is 1. The van der Waals surface area contributed by atoms with Gasteiger partial charge in [0.1, 0.15) is 0 Å². The molecule has 0 radical (unpaired) electrons. The molecule has 0 bridgehead atoms. The predicted octanol–water partition coefficient (Wildman–Crippen LogP) is 1.95. The van der Waals surface area contributed by atoms with Gasteiger partial charge in [-0.1, -0.05) is 35.5 Å². The summed E-state index contributed by atoms with van der Waals surface area (Å²) in [5.41, 5.74) is 0.505. The zero-order valence-corrected chi connectivity index (χ0v) is 7.73. The normalized spacial score (nSPS) is 10.1. The average molecular weight is 209 g/mol. The molecule has 0 aliphatic heterocycles. The highest BCUT2D eigenvalue weighted by atomic mass is 35.5. The standard InChI is InChI=1S/C9H5ClN2O2/c10-9-11-8(12-14-9)7(13)6-4-2-1-3-5-6/h1-5H. The lowest BCUT2D eigenvalue weighted by atomic mass is 10.1. The Hall–Kier alpha value is -1.68. The molecule has 4 nitrogen and oxygen atoms in total. The number of hydrogen-bond donors (Lipinski definition) is 0. The SMILES string of the molecule is O=C(c1ccccc1)c1noc(Cl)n1. The van der Waals surface area contributed by atoms with Crippen LogP contribution in [0.2, 0.25) is 5.35 Å². The third kappa shape index (κ3) is 1.65. The fraction of sp³-hybridized carbons (Fsp3) is 0. The molecule has 0 saturated heterocycles. The van der Waals surface area contributed by atoms with Gasteiger partial charge in [-0.25, -0.2) is 0 Å². The Morgan fingerprint density at radius 3 is 2.57 bits per heavy atom. The first-order valence-corrected chi connectivity index (χ1v) is 4.24. The van der Waals surface area contributed by atoms with E-state index < -0.39 is 0 Å². The van der Waals surface area contributed by atoms with E-state index in [9.17, 15) is 4.79 Å². The zero-order chi connectivity index (χ0) is 9.97. The van der Waals surface area contributed by atoms with Crippen LogP contribution in [0.1, 0.15) is 16.2 Å². The molecule has 0 unspecified atom stereocenters. The third-order valence-corrected chi connectivity index (χ3v) is 1.79. The Bertz CT molecular complexity index is 453. The number of hydrogen-bond acceptors (Lipinski definition) is 4. The van der Waals surface area contributed by atoms with Crippen molar-refractivity contribution in [2.45, 2.75) is 0 Å². The maximum absolute atomic E-state index is 11.6. The molecular weight excluding hydrogens is 204 g/mol. The number of carbonyl (C=O) groups excluding carboxylic acids is 1. The molecule has 0 aliphatic rings. The minimum absolute atomic E-state index is 0.0267. The molecule has 0 atom stereocenters. The van der Waals surface area contributed by atoms with Crippen LogP contribution in [0.25, 0.3) is 0 Å². The molecule has 0 fully saturated rings. The molecule has 70 valence electrons. The largest absolute Gasteiger partial charge is 0.321 e. The molecule has 1 aromatic heterocycles. The fourth-order valence-electron chi connectivity index (χ4n) is 1.02. The molecule has 0 N–H and O–H groups in total. The minimum Gasteiger partial charge on any atom is -0.321 e. The van der Waals surface area contributed by atoms with Crippen molar-refractivity contribution in [1.29, 1.82) is 0 Å². The Kier molecular flexibility index (Phi) is 2.28. The van der Waals surface area contributed by atoms with E-state index in [0.717, 1.165) is 0 Å². The van der Waals surface area contributed by atoms with E-state index in [-0.39, 0.29) is 17.0 Å². The topological polar surface area (TPSA) is 56.0 Å². The van der Waals surface area contributed by atoms with Crippen molar-refractivity contribution in [2.24, 2.45) is 0 Å². The van der Waals surface area contributed by atoms with Crippen molar-refractivity contribution in [3.8, 4) is 0 Å². The Labute approximate surface area is 84.5 Å². The first-order valence-electron chi connectivity index (χ1n) is 3.86. The van der Waals surface area contributed by atoms with Crippen molar-refractivity contribution in [3.63, 3.8) is 0 Å². The first kappa shape index (κ1) is 8.90. The van der Waals surface area contributed by atoms with Crippen LogP contribution in [0.5, 0.6) is 0 Å². The highest BCUT2D eigenvalue weighted by Crippen LogP contribution is 2.09. The van der Waals surface area contributed by atoms with Gasteiger partial charge in [0.2, 0.25) is 11.6 Å². The van der Waals surface area contributed by atoms with Crippen molar-refractivity contribution in [3.05, 3.63) is 47.1 Å². The molecule has 1 aromatic carbocycles. The number of benzene rings is 1. The molecule has 2 aromatic rings. The highest BCUT2D eigenvalue weighted by molar-refractivity contribution is 6.27. The summed E-state index contributed by atoms with van der Waals surface area (Å²) in [6, 6.07) is 8.68. The quantitative estimate of drug-likeness (QED) is 0.708. The molecular formula is C9H5ClN2O2. The van der Waals surface area contributed by atoms with E-state index in [2.05, 4.69) is 14.7 Å². The summed E-state index contributed by atoms with van der Waals surface area (Å²) in [6.07, 6.45) is 0. The van der Waals surface area contributed by atoms with Gasteiger partial charge < -0.3 is 4.52 Å². The molecule has 1 heterocycles.